The first-order valence-corrected chi connectivity index (χ1v) is 6.97. The number of halogens is 3. The zero-order chi connectivity index (χ0) is 16.2. The molecule has 0 radical (unpaired) electrons. The number of nitrogens with zero attached hydrogens (tertiary/aromatic N) is 3. The van der Waals surface area contributed by atoms with Gasteiger partial charge in [-0.3, -0.25) is 9.69 Å². The summed E-state index contributed by atoms with van der Waals surface area (Å²) in [7, 11) is 1.36. The average molecular weight is 317 g/mol. The molecule has 0 bridgehead atoms. The molecule has 2 rings (SSSR count). The van der Waals surface area contributed by atoms with E-state index >= 15 is 0 Å². The van der Waals surface area contributed by atoms with Crippen LogP contribution in [0, 0.1) is 0 Å². The largest absolute Gasteiger partial charge is 0.469 e. The molecule has 0 atom stereocenters. The topological polar surface area (TPSA) is 45.7 Å². The maximum absolute atomic E-state index is 12.5. The van der Waals surface area contributed by atoms with Crippen molar-refractivity contribution in [2.24, 2.45) is 0 Å². The van der Waals surface area contributed by atoms with Crippen LogP contribution in [0.5, 0.6) is 0 Å². The molecule has 0 unspecified atom stereocenters. The minimum absolute atomic E-state index is 0.241. The summed E-state index contributed by atoms with van der Waals surface area (Å²) in [5.74, 6) is -0.241. The second-order valence-corrected chi connectivity index (χ2v) is 5.05. The molecule has 0 amide bonds. The highest BCUT2D eigenvalue weighted by Crippen LogP contribution is 2.28. The van der Waals surface area contributed by atoms with E-state index in [0.717, 1.165) is 19.2 Å². The zero-order valence-electron chi connectivity index (χ0n) is 12.3. The van der Waals surface area contributed by atoms with Crippen LogP contribution in [0.2, 0.25) is 0 Å². The summed E-state index contributed by atoms with van der Waals surface area (Å²) in [6.07, 6.45) is -2.81. The van der Waals surface area contributed by atoms with Gasteiger partial charge in [-0.15, -0.1) is 0 Å². The minimum Gasteiger partial charge on any atom is -0.469 e. The summed E-state index contributed by atoms with van der Waals surface area (Å²) in [6.45, 7) is 3.50. The number of pyridine rings is 1. The van der Waals surface area contributed by atoms with Crippen molar-refractivity contribution >= 4 is 11.7 Å². The SMILES string of the molecule is COC(=O)CCN1CCN(c2ccc(C(F)(F)F)nc2)CC1. The Balaban J connectivity index is 1.85. The molecule has 1 aliphatic heterocycles. The van der Waals surface area contributed by atoms with E-state index in [2.05, 4.69) is 14.6 Å². The molecule has 1 fully saturated rings. The Kier molecular flexibility index (Phi) is 5.23. The molecule has 0 spiro atoms. The fraction of sp³-hybridized carbons (Fsp3) is 0.571. The van der Waals surface area contributed by atoms with Gasteiger partial charge in [0.1, 0.15) is 5.69 Å². The fourth-order valence-electron chi connectivity index (χ4n) is 2.32. The summed E-state index contributed by atoms with van der Waals surface area (Å²) >= 11 is 0. The first-order valence-electron chi connectivity index (χ1n) is 6.97. The summed E-state index contributed by atoms with van der Waals surface area (Å²) in [5.41, 5.74) is -0.200. The number of anilines is 1. The van der Waals surface area contributed by atoms with E-state index in [4.69, 9.17) is 0 Å². The van der Waals surface area contributed by atoms with E-state index in [9.17, 15) is 18.0 Å². The Hall–Kier alpha value is -1.83. The van der Waals surface area contributed by atoms with Crippen LogP contribution in [-0.2, 0) is 15.7 Å². The van der Waals surface area contributed by atoms with Gasteiger partial charge >= 0.3 is 12.1 Å². The van der Waals surface area contributed by atoms with Crippen molar-refractivity contribution < 1.29 is 22.7 Å². The fourth-order valence-corrected chi connectivity index (χ4v) is 2.32. The molecule has 2 heterocycles. The van der Waals surface area contributed by atoms with Crippen LogP contribution in [0.15, 0.2) is 18.3 Å². The molecule has 0 aromatic carbocycles. The van der Waals surface area contributed by atoms with E-state index in [1.165, 1.54) is 19.4 Å². The van der Waals surface area contributed by atoms with Crippen LogP contribution in [0.1, 0.15) is 12.1 Å². The summed E-state index contributed by atoms with van der Waals surface area (Å²) in [6, 6.07) is 2.44. The van der Waals surface area contributed by atoms with Crippen LogP contribution in [0.25, 0.3) is 0 Å². The van der Waals surface area contributed by atoms with Gasteiger partial charge in [0.15, 0.2) is 0 Å². The molecule has 0 N–H and O–H groups in total. The van der Waals surface area contributed by atoms with Crippen molar-refractivity contribution in [3.63, 3.8) is 0 Å². The van der Waals surface area contributed by atoms with Gasteiger partial charge in [-0.2, -0.15) is 13.2 Å². The van der Waals surface area contributed by atoms with Crippen LogP contribution >= 0.6 is 0 Å². The zero-order valence-corrected chi connectivity index (χ0v) is 12.3. The number of rotatable bonds is 4. The summed E-state index contributed by atoms with van der Waals surface area (Å²) < 4.78 is 42.0. The van der Waals surface area contributed by atoms with E-state index in [-0.39, 0.29) is 5.97 Å². The monoisotopic (exact) mass is 317 g/mol. The molecular formula is C14H18F3N3O2. The lowest BCUT2D eigenvalue weighted by atomic mass is 10.2. The smallest absolute Gasteiger partial charge is 0.433 e. The van der Waals surface area contributed by atoms with Crippen LogP contribution in [0.4, 0.5) is 18.9 Å². The highest BCUT2D eigenvalue weighted by Gasteiger charge is 2.32. The van der Waals surface area contributed by atoms with E-state index in [0.29, 0.717) is 31.7 Å². The molecule has 1 aromatic heterocycles. The Labute approximate surface area is 126 Å². The lowest BCUT2D eigenvalue weighted by Gasteiger charge is -2.35. The van der Waals surface area contributed by atoms with E-state index in [1.807, 2.05) is 4.90 Å². The van der Waals surface area contributed by atoms with Gasteiger partial charge < -0.3 is 9.64 Å². The van der Waals surface area contributed by atoms with Crippen LogP contribution in [0.3, 0.4) is 0 Å². The number of ether oxygens (including phenoxy) is 1. The van der Waals surface area contributed by atoms with Crippen molar-refractivity contribution in [3.05, 3.63) is 24.0 Å². The highest BCUT2D eigenvalue weighted by atomic mass is 19.4. The molecule has 122 valence electrons. The molecular weight excluding hydrogens is 299 g/mol. The maximum Gasteiger partial charge on any atom is 0.433 e. The van der Waals surface area contributed by atoms with Gasteiger partial charge in [0, 0.05) is 32.7 Å². The van der Waals surface area contributed by atoms with E-state index < -0.39 is 11.9 Å². The Bertz CT molecular complexity index is 497. The van der Waals surface area contributed by atoms with Crippen LogP contribution in [-0.4, -0.2) is 55.7 Å². The van der Waals surface area contributed by atoms with Gasteiger partial charge in [0.05, 0.1) is 25.4 Å². The quantitative estimate of drug-likeness (QED) is 0.792. The minimum atomic E-state index is -4.41. The highest BCUT2D eigenvalue weighted by molar-refractivity contribution is 5.69. The molecule has 1 aliphatic rings. The number of carbonyl (C=O) groups is 1. The molecule has 5 nitrogen and oxygen atoms in total. The number of hydrogen-bond donors (Lipinski definition) is 0. The predicted molar refractivity (Wildman–Crippen MR) is 74.5 cm³/mol. The number of alkyl halides is 3. The first-order chi connectivity index (χ1) is 10.4. The van der Waals surface area contributed by atoms with Gasteiger partial charge in [0.2, 0.25) is 0 Å². The summed E-state index contributed by atoms with van der Waals surface area (Å²) in [5, 5.41) is 0. The third-order valence-corrected chi connectivity index (χ3v) is 3.64. The number of esters is 1. The van der Waals surface area contributed by atoms with Crippen molar-refractivity contribution in [1.29, 1.82) is 0 Å². The standard InChI is InChI=1S/C14H18F3N3O2/c1-22-13(21)4-5-19-6-8-20(9-7-19)11-2-3-12(18-10-11)14(15,16)17/h2-3,10H,4-9H2,1H3. The molecule has 0 saturated carbocycles. The number of aromatic nitrogens is 1. The van der Waals surface area contributed by atoms with Crippen molar-refractivity contribution in [3.8, 4) is 0 Å². The predicted octanol–water partition coefficient (Wildman–Crippen LogP) is 1.79. The molecule has 22 heavy (non-hydrogen) atoms. The van der Waals surface area contributed by atoms with Gasteiger partial charge in [-0.1, -0.05) is 0 Å². The number of carbonyl (C=O) groups excluding carboxylic acids is 1. The lowest BCUT2D eigenvalue weighted by Crippen LogP contribution is -2.47. The molecule has 1 saturated heterocycles. The lowest BCUT2D eigenvalue weighted by molar-refractivity contribution is -0.141. The Morgan fingerprint density at radius 3 is 2.45 bits per heavy atom. The number of piperazine rings is 1. The third kappa shape index (κ3) is 4.33. The number of hydrogen-bond acceptors (Lipinski definition) is 5. The second-order valence-electron chi connectivity index (χ2n) is 5.05. The summed E-state index contributed by atoms with van der Waals surface area (Å²) in [4.78, 5) is 18.7. The maximum atomic E-state index is 12.5. The van der Waals surface area contributed by atoms with Gasteiger partial charge in [-0.05, 0) is 12.1 Å². The van der Waals surface area contributed by atoms with Crippen molar-refractivity contribution in [2.75, 3.05) is 44.7 Å². The molecule has 8 heteroatoms. The Morgan fingerprint density at radius 2 is 1.95 bits per heavy atom. The van der Waals surface area contributed by atoms with Gasteiger partial charge in [-0.25, -0.2) is 4.98 Å². The third-order valence-electron chi connectivity index (χ3n) is 3.64. The normalized spacial score (nSPS) is 16.6. The van der Waals surface area contributed by atoms with Crippen LogP contribution < -0.4 is 4.90 Å². The van der Waals surface area contributed by atoms with Crippen molar-refractivity contribution in [2.45, 2.75) is 12.6 Å². The van der Waals surface area contributed by atoms with Crippen molar-refractivity contribution in [1.82, 2.24) is 9.88 Å². The number of methoxy groups -OCH3 is 1. The average Bonchev–Trinajstić information content (AvgIpc) is 2.52. The Morgan fingerprint density at radius 1 is 1.27 bits per heavy atom. The molecule has 1 aromatic rings. The van der Waals surface area contributed by atoms with Gasteiger partial charge in [0.25, 0.3) is 0 Å². The first kappa shape index (κ1) is 16.5. The van der Waals surface area contributed by atoms with E-state index in [1.54, 1.807) is 0 Å². The molecule has 0 aliphatic carbocycles. The second kappa shape index (κ2) is 6.95.